The molecule has 1 spiro atoms. The van der Waals surface area contributed by atoms with Gasteiger partial charge in [0.15, 0.2) is 0 Å². The molecule has 1 N–H and O–H groups in total. The van der Waals surface area contributed by atoms with Gasteiger partial charge in [0.1, 0.15) is 11.3 Å². The fraction of sp³-hybridized carbons (Fsp3) is 0.588. The van der Waals surface area contributed by atoms with E-state index in [1.807, 2.05) is 34.1 Å². The van der Waals surface area contributed by atoms with E-state index < -0.39 is 17.5 Å². The average molecular weight is 639 g/mol. The van der Waals surface area contributed by atoms with Gasteiger partial charge in [-0.05, 0) is 80.3 Å². The highest BCUT2D eigenvalue weighted by atomic mass is 19.4. The monoisotopic (exact) mass is 638 g/mol. The number of halogens is 3. The van der Waals surface area contributed by atoms with Gasteiger partial charge in [-0.15, -0.1) is 0 Å². The van der Waals surface area contributed by atoms with Crippen LogP contribution in [0.2, 0.25) is 0 Å². The second kappa shape index (κ2) is 13.5. The van der Waals surface area contributed by atoms with E-state index in [-0.39, 0.29) is 17.9 Å². The molecule has 2 amide bonds. The third-order valence-electron chi connectivity index (χ3n) is 10.2. The summed E-state index contributed by atoms with van der Waals surface area (Å²) in [5, 5.41) is 12.5. The molecule has 3 aliphatic heterocycles. The number of alkyl halides is 3. The first kappa shape index (κ1) is 32.1. The zero-order valence-electron chi connectivity index (χ0n) is 26.0. The zero-order chi connectivity index (χ0) is 32.3. The van der Waals surface area contributed by atoms with E-state index in [0.29, 0.717) is 63.1 Å². The summed E-state index contributed by atoms with van der Waals surface area (Å²) < 4.78 is 44.4. The van der Waals surface area contributed by atoms with Crippen molar-refractivity contribution in [2.75, 3.05) is 44.6 Å². The van der Waals surface area contributed by atoms with Crippen molar-refractivity contribution in [2.45, 2.75) is 75.7 Å². The third-order valence-corrected chi connectivity index (χ3v) is 10.2. The van der Waals surface area contributed by atoms with E-state index in [1.165, 1.54) is 12.3 Å². The Labute approximate surface area is 267 Å². The fourth-order valence-corrected chi connectivity index (χ4v) is 7.44. The Morgan fingerprint density at radius 3 is 2.30 bits per heavy atom. The summed E-state index contributed by atoms with van der Waals surface area (Å²) in [6.45, 7) is 4.59. The van der Waals surface area contributed by atoms with E-state index in [0.717, 1.165) is 68.9 Å². The number of nitrogens with zero attached hydrogens (tertiary/aromatic N) is 5. The molecule has 246 valence electrons. The Bertz CT molecular complexity index is 1400. The quantitative estimate of drug-likeness (QED) is 0.417. The molecule has 4 fully saturated rings. The van der Waals surface area contributed by atoms with Crippen molar-refractivity contribution in [3.8, 4) is 6.07 Å². The molecule has 1 aromatic heterocycles. The lowest BCUT2D eigenvalue weighted by molar-refractivity contribution is -0.141. The summed E-state index contributed by atoms with van der Waals surface area (Å²) in [7, 11) is 0. The van der Waals surface area contributed by atoms with Crippen molar-refractivity contribution in [3.05, 3.63) is 59.4 Å². The van der Waals surface area contributed by atoms with E-state index in [9.17, 15) is 22.8 Å². The van der Waals surface area contributed by atoms with E-state index in [2.05, 4.69) is 21.3 Å². The zero-order valence-corrected chi connectivity index (χ0v) is 26.0. The van der Waals surface area contributed by atoms with Crippen LogP contribution in [-0.4, -0.2) is 82.6 Å². The number of hydrogen-bond donors (Lipinski definition) is 1. The van der Waals surface area contributed by atoms with E-state index in [1.54, 1.807) is 0 Å². The number of ether oxygens (including phenoxy) is 1. The van der Waals surface area contributed by atoms with Gasteiger partial charge < -0.3 is 19.9 Å². The predicted molar refractivity (Wildman–Crippen MR) is 164 cm³/mol. The first-order valence-electron chi connectivity index (χ1n) is 16.4. The number of likely N-dealkylation sites (tertiary alicyclic amines) is 2. The fourth-order valence-electron chi connectivity index (χ4n) is 7.44. The van der Waals surface area contributed by atoms with Crippen LogP contribution in [0.5, 0.6) is 0 Å². The molecule has 0 bridgehead atoms. The van der Waals surface area contributed by atoms with Gasteiger partial charge in [-0.3, -0.25) is 14.7 Å². The minimum atomic E-state index is -4.45. The number of benzene rings is 1. The Hall–Kier alpha value is -3.85. The first-order valence-corrected chi connectivity index (χ1v) is 16.4. The molecular formula is C34H41F3N6O3. The van der Waals surface area contributed by atoms with Crippen LogP contribution in [0.3, 0.4) is 0 Å². The lowest BCUT2D eigenvalue weighted by Crippen LogP contribution is -2.47. The van der Waals surface area contributed by atoms with Gasteiger partial charge in [0.25, 0.3) is 0 Å². The number of hydrogen-bond acceptors (Lipinski definition) is 7. The third kappa shape index (κ3) is 7.57. The molecule has 6 rings (SSSR count). The normalized spacial score (nSPS) is 24.1. The molecule has 12 heteroatoms. The Morgan fingerprint density at radius 2 is 1.70 bits per heavy atom. The highest BCUT2D eigenvalue weighted by molar-refractivity contribution is 5.79. The van der Waals surface area contributed by atoms with Gasteiger partial charge in [0.05, 0.1) is 18.2 Å². The number of rotatable bonds is 7. The van der Waals surface area contributed by atoms with Crippen LogP contribution in [0.1, 0.15) is 68.2 Å². The van der Waals surface area contributed by atoms with Crippen LogP contribution >= 0.6 is 0 Å². The lowest BCUT2D eigenvalue weighted by Gasteiger charge is -2.38. The van der Waals surface area contributed by atoms with Gasteiger partial charge in [-0.25, -0.2) is 4.79 Å². The number of pyridine rings is 1. The van der Waals surface area contributed by atoms with Crippen LogP contribution in [0, 0.1) is 23.2 Å². The number of nitriles is 1. The number of amides is 2. The van der Waals surface area contributed by atoms with Gasteiger partial charge in [-0.2, -0.15) is 18.4 Å². The molecule has 1 aliphatic carbocycles. The number of aromatic nitrogens is 1. The molecule has 0 atom stereocenters. The molecular weight excluding hydrogens is 597 g/mol. The van der Waals surface area contributed by atoms with Gasteiger partial charge in [0, 0.05) is 76.0 Å². The number of piperidine rings is 2. The first-order chi connectivity index (χ1) is 22.1. The molecule has 4 aliphatic rings. The Kier molecular flexibility index (Phi) is 9.41. The van der Waals surface area contributed by atoms with Gasteiger partial charge in [0.2, 0.25) is 5.91 Å². The summed E-state index contributed by atoms with van der Waals surface area (Å²) >= 11 is 0. The van der Waals surface area contributed by atoms with Crippen molar-refractivity contribution in [3.63, 3.8) is 0 Å². The van der Waals surface area contributed by atoms with Crippen LogP contribution in [0.15, 0.2) is 42.6 Å². The molecule has 0 unspecified atom stereocenters. The standard InChI is InChI=1S/C34H41F3N6O3/c35-34(36,37)30-10-5-26(20-39-30)21-41-17-13-33(14-18-41)23-43(32(45)46-33)22-25-1-6-27(7-2-25)31(44)42-15-11-29(12-16-42)40-28-8-3-24(19-38)4-9-28/h3-5,8-10,20,25,27,29,40H,1-2,6-7,11-18,21-23H2. The van der Waals surface area contributed by atoms with Crippen LogP contribution in [-0.2, 0) is 22.3 Å². The summed E-state index contributed by atoms with van der Waals surface area (Å²) in [5.74, 6) is 0.648. The molecule has 9 nitrogen and oxygen atoms in total. The molecule has 3 saturated heterocycles. The molecule has 46 heavy (non-hydrogen) atoms. The summed E-state index contributed by atoms with van der Waals surface area (Å²) in [6, 6.07) is 12.4. The summed E-state index contributed by atoms with van der Waals surface area (Å²) in [5.41, 5.74) is 0.954. The van der Waals surface area contributed by atoms with Crippen molar-refractivity contribution >= 4 is 17.7 Å². The number of carbonyl (C=O) groups is 2. The maximum Gasteiger partial charge on any atom is 0.433 e. The molecule has 1 aromatic carbocycles. The second-order valence-electron chi connectivity index (χ2n) is 13.4. The van der Waals surface area contributed by atoms with Crippen LogP contribution in [0.25, 0.3) is 0 Å². The smallest absolute Gasteiger partial charge is 0.433 e. The van der Waals surface area contributed by atoms with E-state index >= 15 is 0 Å². The van der Waals surface area contributed by atoms with Crippen LogP contribution in [0.4, 0.5) is 23.7 Å². The van der Waals surface area contributed by atoms with Gasteiger partial charge >= 0.3 is 12.3 Å². The number of carbonyl (C=O) groups excluding carboxylic acids is 2. The lowest BCUT2D eigenvalue weighted by atomic mass is 9.80. The largest absolute Gasteiger partial charge is 0.441 e. The average Bonchev–Trinajstić information content (AvgIpc) is 3.36. The number of nitrogens with one attached hydrogen (secondary N) is 1. The maximum atomic E-state index is 13.3. The number of anilines is 1. The van der Waals surface area contributed by atoms with Gasteiger partial charge in [-0.1, -0.05) is 6.07 Å². The molecule has 2 aromatic rings. The second-order valence-corrected chi connectivity index (χ2v) is 13.4. The maximum absolute atomic E-state index is 13.3. The topological polar surface area (TPSA) is 102 Å². The van der Waals surface area contributed by atoms with Crippen molar-refractivity contribution in [1.29, 1.82) is 5.26 Å². The Balaban J connectivity index is 0.902. The van der Waals surface area contributed by atoms with Crippen molar-refractivity contribution in [1.82, 2.24) is 19.7 Å². The highest BCUT2D eigenvalue weighted by Gasteiger charge is 2.47. The van der Waals surface area contributed by atoms with Crippen molar-refractivity contribution in [2.24, 2.45) is 11.8 Å². The summed E-state index contributed by atoms with van der Waals surface area (Å²) in [6.07, 6.45) is 3.24. The van der Waals surface area contributed by atoms with Crippen LogP contribution < -0.4 is 5.32 Å². The Morgan fingerprint density at radius 1 is 1.00 bits per heavy atom. The minimum Gasteiger partial charge on any atom is -0.441 e. The SMILES string of the molecule is N#Cc1ccc(NC2CCN(C(=O)C3CCC(CN4CC5(CCN(Cc6ccc(C(F)(F)F)nc6)CC5)OC4=O)CC3)CC2)cc1. The van der Waals surface area contributed by atoms with Crippen molar-refractivity contribution < 1.29 is 27.5 Å². The molecule has 0 radical (unpaired) electrons. The highest BCUT2D eigenvalue weighted by Crippen LogP contribution is 2.37. The van der Waals surface area contributed by atoms with E-state index in [4.69, 9.17) is 10.00 Å². The summed E-state index contributed by atoms with van der Waals surface area (Å²) in [4.78, 5) is 35.8. The minimum absolute atomic E-state index is 0.0420. The molecule has 1 saturated carbocycles. The molecule has 4 heterocycles. The predicted octanol–water partition coefficient (Wildman–Crippen LogP) is 5.67.